The SMILES string of the molecule is CC(C)c1ccccc1[C@@H]1CN(Cc2cccnc2)CCN1C1CC2(CCN(c3cc(Oc4cnc5[nH]ccc5c4)c(C(=O)NS(=O)(=O)c4ccc(NCC5CCC(C)(O)CC5)c([N+](=O)[O-])c4)cc3F)CC2)C1. The van der Waals surface area contributed by atoms with E-state index in [-0.39, 0.29) is 45.8 Å². The summed E-state index contributed by atoms with van der Waals surface area (Å²) in [6, 6.07) is 23.0. The summed E-state index contributed by atoms with van der Waals surface area (Å²) in [6.45, 7) is 11.6. The minimum atomic E-state index is -4.72. The summed E-state index contributed by atoms with van der Waals surface area (Å²) in [7, 11) is -4.72. The average molecular weight is 1010 g/mol. The highest BCUT2D eigenvalue weighted by atomic mass is 32.2. The van der Waals surface area contributed by atoms with Crippen LogP contribution < -0.4 is 19.7 Å². The Hall–Kier alpha value is -6.47. The Morgan fingerprint density at radius 2 is 1.77 bits per heavy atom. The van der Waals surface area contributed by atoms with E-state index < -0.39 is 42.9 Å². The molecule has 2 saturated carbocycles. The van der Waals surface area contributed by atoms with Crippen LogP contribution in [0, 0.1) is 27.3 Å². The van der Waals surface area contributed by atoms with Gasteiger partial charge in [0.1, 0.15) is 28.7 Å². The Labute approximate surface area is 425 Å². The zero-order valence-corrected chi connectivity index (χ0v) is 42.4. The molecule has 1 atom stereocenters. The number of piperidine rings is 1. The summed E-state index contributed by atoms with van der Waals surface area (Å²) >= 11 is 0. The van der Waals surface area contributed by atoms with Crippen LogP contribution in [0.2, 0.25) is 0 Å². The van der Waals surface area contributed by atoms with Gasteiger partial charge in [-0.3, -0.25) is 29.7 Å². The maximum atomic E-state index is 16.6. The summed E-state index contributed by atoms with van der Waals surface area (Å²) in [4.78, 5) is 44.2. The molecule has 0 radical (unpaired) electrons. The number of H-pyrrole nitrogens is 1. The fourth-order valence-corrected chi connectivity index (χ4v) is 12.7. The molecular weight excluding hydrogens is 950 g/mol. The van der Waals surface area contributed by atoms with E-state index in [4.69, 9.17) is 4.74 Å². The fraction of sp³-hybridized carbons (Fsp3) is 0.436. The molecule has 10 rings (SSSR count). The number of rotatable bonds is 15. The quantitative estimate of drug-likeness (QED) is 0.0561. The first-order valence-corrected chi connectivity index (χ1v) is 27.0. The average Bonchev–Trinajstić information content (AvgIpc) is 3.84. The van der Waals surface area contributed by atoms with E-state index >= 15 is 4.39 Å². The minimum absolute atomic E-state index is 0.0880. The second-order valence-electron chi connectivity index (χ2n) is 21.4. The third kappa shape index (κ3) is 10.9. The van der Waals surface area contributed by atoms with Gasteiger partial charge in [-0.2, -0.15) is 0 Å². The summed E-state index contributed by atoms with van der Waals surface area (Å²) in [6.07, 6.45) is 13.5. The first-order valence-electron chi connectivity index (χ1n) is 25.5. The second-order valence-corrected chi connectivity index (χ2v) is 23.0. The second kappa shape index (κ2) is 20.4. The van der Waals surface area contributed by atoms with E-state index in [0.29, 0.717) is 50.1 Å². The van der Waals surface area contributed by atoms with Gasteiger partial charge < -0.3 is 25.0 Å². The van der Waals surface area contributed by atoms with Gasteiger partial charge in [-0.1, -0.05) is 44.2 Å². The van der Waals surface area contributed by atoms with Crippen molar-refractivity contribution in [3.8, 4) is 11.5 Å². The number of pyridine rings is 2. The third-order valence-electron chi connectivity index (χ3n) is 15.9. The Bertz CT molecular complexity index is 3090. The smallest absolute Gasteiger partial charge is 0.293 e. The summed E-state index contributed by atoms with van der Waals surface area (Å²) in [5, 5.41) is 26.4. The predicted molar refractivity (Wildman–Crippen MR) is 278 cm³/mol. The zero-order valence-electron chi connectivity index (χ0n) is 41.6. The number of nitrogens with zero attached hydrogens (tertiary/aromatic N) is 6. The van der Waals surface area contributed by atoms with Crippen LogP contribution in [-0.2, 0) is 16.6 Å². The lowest BCUT2D eigenvalue weighted by molar-refractivity contribution is -0.384. The number of fused-ring (bicyclic) bond motifs is 1. The molecule has 2 aliphatic carbocycles. The van der Waals surface area contributed by atoms with Gasteiger partial charge in [0.15, 0.2) is 0 Å². The minimum Gasteiger partial charge on any atom is -0.455 e. The molecule has 0 bridgehead atoms. The molecule has 384 valence electrons. The zero-order chi connectivity index (χ0) is 51.1. The molecule has 3 aromatic heterocycles. The van der Waals surface area contributed by atoms with Crippen LogP contribution in [0.3, 0.4) is 0 Å². The number of halogens is 1. The first-order chi connectivity index (χ1) is 35.0. The van der Waals surface area contributed by atoms with Crippen LogP contribution >= 0.6 is 0 Å². The molecule has 73 heavy (non-hydrogen) atoms. The van der Waals surface area contributed by atoms with E-state index in [9.17, 15) is 28.4 Å². The van der Waals surface area contributed by atoms with Gasteiger partial charge in [-0.25, -0.2) is 22.5 Å². The van der Waals surface area contributed by atoms with Gasteiger partial charge in [0, 0.05) is 94.0 Å². The normalized spacial score (nSPS) is 21.8. The molecule has 5 heterocycles. The van der Waals surface area contributed by atoms with Crippen molar-refractivity contribution in [2.75, 3.05) is 49.5 Å². The predicted octanol–water partition coefficient (Wildman–Crippen LogP) is 9.70. The number of nitrogens with one attached hydrogen (secondary N) is 3. The number of nitro groups is 1. The molecule has 4 fully saturated rings. The first kappa shape index (κ1) is 50.1. The van der Waals surface area contributed by atoms with Gasteiger partial charge in [0.05, 0.1) is 32.9 Å². The van der Waals surface area contributed by atoms with Crippen LogP contribution in [0.5, 0.6) is 11.5 Å². The maximum absolute atomic E-state index is 16.6. The van der Waals surface area contributed by atoms with Crippen LogP contribution in [0.4, 0.5) is 21.5 Å². The van der Waals surface area contributed by atoms with Gasteiger partial charge in [-0.15, -0.1) is 0 Å². The van der Waals surface area contributed by atoms with Crippen molar-refractivity contribution in [1.82, 2.24) is 29.5 Å². The molecule has 1 spiro atoms. The molecule has 16 nitrogen and oxygen atoms in total. The summed E-state index contributed by atoms with van der Waals surface area (Å²) in [5.41, 5.74) is 3.44. The number of aliphatic hydroxyl groups is 1. The molecule has 1 amide bonds. The van der Waals surface area contributed by atoms with Crippen LogP contribution in [-0.4, -0.2) is 100 Å². The number of carbonyl (C=O) groups is 1. The number of sulfonamides is 1. The largest absolute Gasteiger partial charge is 0.455 e. The Balaban J connectivity index is 0.848. The highest BCUT2D eigenvalue weighted by molar-refractivity contribution is 7.90. The summed E-state index contributed by atoms with van der Waals surface area (Å²) in [5.74, 6) is -1.19. The number of piperazine rings is 1. The number of aromatic amines is 1. The number of hydrogen-bond acceptors (Lipinski definition) is 13. The van der Waals surface area contributed by atoms with Crippen molar-refractivity contribution in [3.63, 3.8) is 0 Å². The van der Waals surface area contributed by atoms with Crippen LogP contribution in [0.25, 0.3) is 11.0 Å². The van der Waals surface area contributed by atoms with E-state index in [1.807, 2.05) is 28.1 Å². The number of anilines is 2. The third-order valence-corrected chi connectivity index (χ3v) is 17.3. The molecule has 18 heteroatoms. The number of nitro benzene ring substituents is 1. The van der Waals surface area contributed by atoms with Gasteiger partial charge in [0.2, 0.25) is 0 Å². The van der Waals surface area contributed by atoms with Crippen LogP contribution in [0.1, 0.15) is 111 Å². The molecule has 4 N–H and O–H groups in total. The van der Waals surface area contributed by atoms with Crippen molar-refractivity contribution >= 4 is 44.0 Å². The van der Waals surface area contributed by atoms with E-state index in [2.05, 4.69) is 74.2 Å². The number of benzene rings is 3. The van der Waals surface area contributed by atoms with Gasteiger partial charge in [0.25, 0.3) is 21.6 Å². The number of hydrogen-bond donors (Lipinski definition) is 4. The van der Waals surface area contributed by atoms with Crippen molar-refractivity contribution < 1.29 is 32.4 Å². The van der Waals surface area contributed by atoms with Gasteiger partial charge >= 0.3 is 0 Å². The van der Waals surface area contributed by atoms with E-state index in [1.54, 1.807) is 25.3 Å². The lowest BCUT2D eigenvalue weighted by Gasteiger charge is -2.58. The molecule has 4 aliphatic rings. The lowest BCUT2D eigenvalue weighted by Crippen LogP contribution is -2.60. The van der Waals surface area contributed by atoms with Crippen molar-refractivity contribution in [3.05, 3.63) is 142 Å². The van der Waals surface area contributed by atoms with Crippen molar-refractivity contribution in [2.45, 2.75) is 107 Å². The Morgan fingerprint density at radius 1 is 0.986 bits per heavy atom. The number of amides is 1. The monoisotopic (exact) mass is 1010 g/mol. The van der Waals surface area contributed by atoms with E-state index in [0.717, 1.165) is 82.2 Å². The molecule has 2 saturated heterocycles. The topological polar surface area (TPSA) is 199 Å². The summed E-state index contributed by atoms with van der Waals surface area (Å²) < 4.78 is 52.5. The Morgan fingerprint density at radius 3 is 2.51 bits per heavy atom. The maximum Gasteiger partial charge on any atom is 0.293 e. The number of aromatic nitrogens is 3. The van der Waals surface area contributed by atoms with Gasteiger partial charge in [-0.05, 0) is 129 Å². The molecular formula is C55H64FN9O7S. The standard InChI is InChI=1S/C55H64FN9O7S/c1-36(2)43-8-4-5-9-44(43)50-35-62(34-38-7-6-19-57-31-38)23-24-64(50)40-29-55(30-40)17-21-63(22-18-55)48-28-51(72-41-25-39-14-20-58-52(39)60-33-41)45(27-46(48)56)53(66)61-73(70,71)42-10-11-47(49(26-42)65(68)69)59-32-37-12-15-54(3,67)16-13-37/h4-11,14,19-20,25-28,31,33,36-37,40,50,59,67H,12-13,15-18,21-24,29-30,32,34-35H2,1-3H3,(H,58,60)(H,61,66)/t37?,50-,54?/m0/s1. The highest BCUT2D eigenvalue weighted by Crippen LogP contribution is 2.54. The fourth-order valence-electron chi connectivity index (χ4n) is 11.7. The molecule has 0 unspecified atom stereocenters. The number of carbonyl (C=O) groups excluding carboxylic acids is 1. The van der Waals surface area contributed by atoms with Crippen LogP contribution in [0.15, 0.2) is 109 Å². The lowest BCUT2D eigenvalue weighted by atomic mass is 9.59. The van der Waals surface area contributed by atoms with Crippen molar-refractivity contribution in [2.24, 2.45) is 11.3 Å². The number of ether oxygens (including phenoxy) is 1. The Kier molecular flexibility index (Phi) is 14.0. The molecule has 2 aliphatic heterocycles. The molecule has 3 aromatic carbocycles. The molecule has 6 aromatic rings. The van der Waals surface area contributed by atoms with E-state index in [1.165, 1.54) is 41.1 Å². The highest BCUT2D eigenvalue weighted by Gasteiger charge is 2.50. The van der Waals surface area contributed by atoms with Crippen molar-refractivity contribution in [1.29, 1.82) is 0 Å².